The fourth-order valence-electron chi connectivity index (χ4n) is 2.96. The van der Waals surface area contributed by atoms with Crippen molar-refractivity contribution in [2.45, 2.75) is 12.5 Å². The highest BCUT2D eigenvalue weighted by atomic mass is 32.2. The van der Waals surface area contributed by atoms with Crippen molar-refractivity contribution >= 4 is 33.7 Å². The molecule has 1 unspecified atom stereocenters. The van der Waals surface area contributed by atoms with E-state index in [-0.39, 0.29) is 30.1 Å². The monoisotopic (exact) mass is 447 g/mol. The first kappa shape index (κ1) is 22.2. The molecule has 0 saturated heterocycles. The molecule has 1 N–H and O–H groups in total. The first-order valence-electron chi connectivity index (χ1n) is 9.35. The van der Waals surface area contributed by atoms with Gasteiger partial charge in [-0.1, -0.05) is 30.3 Å². The minimum absolute atomic E-state index is 0.139. The third kappa shape index (κ3) is 6.01. The van der Waals surface area contributed by atoms with E-state index in [4.69, 9.17) is 9.47 Å². The van der Waals surface area contributed by atoms with Crippen LogP contribution in [-0.2, 0) is 40.3 Å². The second-order valence-corrected chi connectivity index (χ2v) is 8.51. The minimum Gasteiger partial charge on any atom is -0.467 e. The number of hydrogen-bond acceptors (Lipinski definition) is 8. The maximum absolute atomic E-state index is 12.3. The van der Waals surface area contributed by atoms with Gasteiger partial charge in [-0.3, -0.25) is 4.79 Å². The summed E-state index contributed by atoms with van der Waals surface area (Å²) >= 11 is 0. The van der Waals surface area contributed by atoms with Crippen LogP contribution in [0.3, 0.4) is 0 Å². The molecule has 1 aromatic carbocycles. The van der Waals surface area contributed by atoms with Crippen molar-refractivity contribution in [3.8, 4) is 0 Å². The third-order valence-electron chi connectivity index (χ3n) is 4.50. The second kappa shape index (κ2) is 9.56. The summed E-state index contributed by atoms with van der Waals surface area (Å²) in [4.78, 5) is 38.0. The number of hydrogen-bond donors (Lipinski definition) is 1. The molecule has 1 atom stereocenters. The zero-order valence-corrected chi connectivity index (χ0v) is 17.5. The van der Waals surface area contributed by atoms with Gasteiger partial charge in [-0.25, -0.2) is 18.0 Å². The van der Waals surface area contributed by atoms with Gasteiger partial charge in [-0.2, -0.15) is 0 Å². The summed E-state index contributed by atoms with van der Waals surface area (Å²) in [6.07, 6.45) is 4.39. The molecule has 11 heteroatoms. The zero-order valence-electron chi connectivity index (χ0n) is 16.7. The topological polar surface area (TPSA) is 131 Å². The summed E-state index contributed by atoms with van der Waals surface area (Å²) < 4.78 is 36.4. The molecule has 3 rings (SSSR count). The highest BCUT2D eigenvalue weighted by molar-refractivity contribution is 7.90. The fraction of sp³-hybridized carbons (Fsp3) is 0.300. The van der Waals surface area contributed by atoms with Crippen LogP contribution in [0.15, 0.2) is 58.7 Å². The Morgan fingerprint density at radius 1 is 1.19 bits per heavy atom. The second-order valence-electron chi connectivity index (χ2n) is 6.76. The molecule has 0 saturated carbocycles. The molecule has 10 nitrogen and oxygen atoms in total. The number of benzene rings is 1. The maximum Gasteiger partial charge on any atom is 0.340 e. The molecule has 31 heavy (non-hydrogen) atoms. The Bertz CT molecular complexity index is 1060. The molecule has 2 aliphatic rings. The number of nitrogens with zero attached hydrogens (tertiary/aromatic N) is 2. The minimum atomic E-state index is -3.50. The van der Waals surface area contributed by atoms with Gasteiger partial charge in [0.1, 0.15) is 11.9 Å². The maximum atomic E-state index is 12.3. The highest BCUT2D eigenvalue weighted by Gasteiger charge is 2.26. The lowest BCUT2D eigenvalue weighted by Gasteiger charge is -2.26. The van der Waals surface area contributed by atoms with Crippen LogP contribution in [0.1, 0.15) is 5.56 Å². The van der Waals surface area contributed by atoms with E-state index in [1.807, 2.05) is 30.3 Å². The SMILES string of the molecule is COC(=O)C(Cc1ccccc1)NC(=O)COC(=O)C1=CN2CCS(=O)(=O)N=C2C=C1. The van der Waals surface area contributed by atoms with Gasteiger partial charge >= 0.3 is 11.9 Å². The van der Waals surface area contributed by atoms with E-state index >= 15 is 0 Å². The quantitative estimate of drug-likeness (QED) is 0.575. The average Bonchev–Trinajstić information content (AvgIpc) is 2.76. The first-order chi connectivity index (χ1) is 14.8. The molecule has 2 aliphatic heterocycles. The summed E-state index contributed by atoms with van der Waals surface area (Å²) in [5.74, 6) is -2.00. The highest BCUT2D eigenvalue weighted by Crippen LogP contribution is 2.16. The van der Waals surface area contributed by atoms with E-state index in [1.165, 1.54) is 30.4 Å². The van der Waals surface area contributed by atoms with Crippen molar-refractivity contribution < 1.29 is 32.3 Å². The Morgan fingerprint density at radius 3 is 2.65 bits per heavy atom. The number of ether oxygens (including phenoxy) is 2. The van der Waals surface area contributed by atoms with Gasteiger partial charge in [0.25, 0.3) is 15.9 Å². The van der Waals surface area contributed by atoms with E-state index in [2.05, 4.69) is 9.71 Å². The Labute approximate surface area is 179 Å². The van der Waals surface area contributed by atoms with E-state index in [1.54, 1.807) is 0 Å². The van der Waals surface area contributed by atoms with Crippen LogP contribution in [0.25, 0.3) is 0 Å². The number of methoxy groups -OCH3 is 1. The molecule has 2 heterocycles. The van der Waals surface area contributed by atoms with Gasteiger partial charge in [0.05, 0.1) is 18.4 Å². The largest absolute Gasteiger partial charge is 0.467 e. The van der Waals surface area contributed by atoms with E-state index < -0.39 is 40.5 Å². The molecular weight excluding hydrogens is 426 g/mol. The van der Waals surface area contributed by atoms with Gasteiger partial charge in [-0.15, -0.1) is 4.40 Å². The molecular formula is C20H21N3O7S. The number of esters is 2. The van der Waals surface area contributed by atoms with Crippen LogP contribution < -0.4 is 5.32 Å². The van der Waals surface area contributed by atoms with Crippen molar-refractivity contribution in [2.75, 3.05) is 26.0 Å². The lowest BCUT2D eigenvalue weighted by atomic mass is 10.1. The van der Waals surface area contributed by atoms with Gasteiger partial charge < -0.3 is 19.7 Å². The lowest BCUT2D eigenvalue weighted by Crippen LogP contribution is -2.44. The molecule has 0 aliphatic carbocycles. The van der Waals surface area contributed by atoms with Crippen LogP contribution in [0, 0.1) is 0 Å². The number of carbonyl (C=O) groups is 3. The first-order valence-corrected chi connectivity index (χ1v) is 11.0. The number of amides is 1. The molecule has 0 bridgehead atoms. The van der Waals surface area contributed by atoms with Gasteiger partial charge in [-0.05, 0) is 17.7 Å². The van der Waals surface area contributed by atoms with Gasteiger partial charge in [0.2, 0.25) is 0 Å². The zero-order chi connectivity index (χ0) is 22.4. The molecule has 0 aromatic heterocycles. The van der Waals surface area contributed by atoms with Crippen molar-refractivity contribution in [1.29, 1.82) is 0 Å². The van der Waals surface area contributed by atoms with Crippen molar-refractivity contribution in [3.05, 3.63) is 59.8 Å². The van der Waals surface area contributed by atoms with Crippen molar-refractivity contribution in [3.63, 3.8) is 0 Å². The van der Waals surface area contributed by atoms with Crippen LogP contribution >= 0.6 is 0 Å². The molecule has 1 aromatic rings. The van der Waals surface area contributed by atoms with Crippen molar-refractivity contribution in [2.24, 2.45) is 4.40 Å². The molecule has 0 fully saturated rings. The molecule has 0 spiro atoms. The van der Waals surface area contributed by atoms with Crippen molar-refractivity contribution in [1.82, 2.24) is 10.2 Å². The van der Waals surface area contributed by atoms with Crippen LogP contribution in [0.2, 0.25) is 0 Å². The molecule has 1 amide bonds. The summed E-state index contributed by atoms with van der Waals surface area (Å²) in [7, 11) is -2.28. The normalized spacial score (nSPS) is 17.5. The molecule has 0 radical (unpaired) electrons. The summed E-state index contributed by atoms with van der Waals surface area (Å²) in [5, 5.41) is 2.50. The van der Waals surface area contributed by atoms with E-state index in [0.717, 1.165) is 5.56 Å². The number of nitrogens with one attached hydrogen (secondary N) is 1. The number of rotatable bonds is 7. The average molecular weight is 447 g/mol. The Kier molecular flexibility index (Phi) is 6.85. The predicted octanol–water partition coefficient (Wildman–Crippen LogP) is -0.0723. The fourth-order valence-corrected chi connectivity index (χ4v) is 3.93. The lowest BCUT2D eigenvalue weighted by molar-refractivity contribution is -0.148. The Hall–Kier alpha value is -3.47. The number of sulfonamides is 1. The van der Waals surface area contributed by atoms with Crippen LogP contribution in [0.4, 0.5) is 0 Å². The smallest absolute Gasteiger partial charge is 0.340 e. The summed E-state index contributed by atoms with van der Waals surface area (Å²) in [6, 6.07) is 8.15. The Balaban J connectivity index is 1.56. The van der Waals surface area contributed by atoms with Gasteiger partial charge in [0.15, 0.2) is 6.61 Å². The van der Waals surface area contributed by atoms with Crippen LogP contribution in [0.5, 0.6) is 0 Å². The van der Waals surface area contributed by atoms with Crippen LogP contribution in [-0.4, -0.2) is 69.1 Å². The molecule has 164 valence electrons. The number of carbonyl (C=O) groups excluding carboxylic acids is 3. The predicted molar refractivity (Wildman–Crippen MR) is 110 cm³/mol. The van der Waals surface area contributed by atoms with Gasteiger partial charge in [0, 0.05) is 19.2 Å². The Morgan fingerprint density at radius 2 is 1.94 bits per heavy atom. The number of fused-ring (bicyclic) bond motifs is 1. The van der Waals surface area contributed by atoms with E-state index in [0.29, 0.717) is 0 Å². The summed E-state index contributed by atoms with van der Waals surface area (Å²) in [5.41, 5.74) is 0.966. The third-order valence-corrected chi connectivity index (χ3v) is 5.66. The van der Waals surface area contributed by atoms with E-state index in [9.17, 15) is 22.8 Å². The standard InChI is InChI=1S/C20H21N3O7S/c1-29-20(26)16(11-14-5-3-2-4-6-14)21-18(24)13-30-19(25)15-7-8-17-22-31(27,28)10-9-23(17)12-15/h2-8,12,16H,9-11,13H2,1H3,(H,21,24). The summed E-state index contributed by atoms with van der Waals surface area (Å²) in [6.45, 7) is -0.440. The number of amidine groups is 1.